The molecule has 0 saturated carbocycles. The Morgan fingerprint density at radius 1 is 1.06 bits per heavy atom. The largest absolute Gasteiger partial charge is 0.320 e. The van der Waals surface area contributed by atoms with Crippen LogP contribution in [0.1, 0.15) is 18.0 Å². The van der Waals surface area contributed by atoms with E-state index < -0.39 is 0 Å². The quantitative estimate of drug-likeness (QED) is 0.867. The van der Waals surface area contributed by atoms with Gasteiger partial charge in [-0.15, -0.1) is 0 Å². The van der Waals surface area contributed by atoms with E-state index in [0.717, 1.165) is 13.0 Å². The summed E-state index contributed by atoms with van der Waals surface area (Å²) in [6, 6.07) is 15.8. The van der Waals surface area contributed by atoms with E-state index in [4.69, 9.17) is 0 Å². The molecule has 0 aromatic heterocycles. The minimum absolute atomic E-state index is 0.474. The number of benzene rings is 2. The fourth-order valence-electron chi connectivity index (χ4n) is 2.42. The summed E-state index contributed by atoms with van der Waals surface area (Å²) in [6.45, 7) is 1.04. The third-order valence-corrected chi connectivity index (χ3v) is 3.45. The smallest absolute Gasteiger partial charge is 0.0354 e. The highest BCUT2D eigenvalue weighted by Gasteiger charge is 2.13. The molecule has 0 fully saturated rings. The lowest BCUT2D eigenvalue weighted by molar-refractivity contribution is 0.283. The summed E-state index contributed by atoms with van der Waals surface area (Å²) in [5.74, 6) is 0. The normalized spacial score (nSPS) is 13.1. The van der Waals surface area contributed by atoms with E-state index in [1.807, 2.05) is 7.05 Å². The van der Waals surface area contributed by atoms with Gasteiger partial charge in [-0.25, -0.2) is 0 Å². The fourth-order valence-corrected chi connectivity index (χ4v) is 2.42. The van der Waals surface area contributed by atoms with Gasteiger partial charge in [0.25, 0.3) is 0 Å². The molecule has 0 aliphatic carbocycles. The summed E-state index contributed by atoms with van der Waals surface area (Å²) in [7, 11) is 6.30. The molecule has 0 amide bonds. The number of hydrogen-bond acceptors (Lipinski definition) is 2. The molecular formula is C16H22N2. The summed E-state index contributed by atoms with van der Waals surface area (Å²) in [6.07, 6.45) is 1.13. The molecule has 0 spiro atoms. The standard InChI is InChI=1S/C16H22N2/c1-17-11-10-16(18(2)3)15-9-8-13-6-4-5-7-14(13)12-15/h4-9,12,16-17H,10-11H2,1-3H3. The van der Waals surface area contributed by atoms with Crippen molar-refractivity contribution >= 4 is 10.8 Å². The van der Waals surface area contributed by atoms with E-state index in [2.05, 4.69) is 66.8 Å². The van der Waals surface area contributed by atoms with E-state index in [1.165, 1.54) is 16.3 Å². The molecule has 2 nitrogen and oxygen atoms in total. The van der Waals surface area contributed by atoms with Crippen molar-refractivity contribution in [2.75, 3.05) is 27.7 Å². The van der Waals surface area contributed by atoms with Crippen LogP contribution < -0.4 is 5.32 Å². The lowest BCUT2D eigenvalue weighted by Gasteiger charge is -2.25. The first kappa shape index (κ1) is 13.1. The van der Waals surface area contributed by atoms with Crippen molar-refractivity contribution in [2.24, 2.45) is 0 Å². The van der Waals surface area contributed by atoms with E-state index >= 15 is 0 Å². The Bertz CT molecular complexity index is 505. The molecule has 2 heteroatoms. The second-order valence-corrected chi connectivity index (χ2v) is 4.98. The molecule has 0 heterocycles. The molecule has 0 bridgehead atoms. The van der Waals surface area contributed by atoms with E-state index in [-0.39, 0.29) is 0 Å². The lowest BCUT2D eigenvalue weighted by atomic mass is 9.99. The summed E-state index contributed by atoms with van der Waals surface area (Å²) in [5.41, 5.74) is 1.40. The Balaban J connectivity index is 2.32. The second-order valence-electron chi connectivity index (χ2n) is 4.98. The zero-order chi connectivity index (χ0) is 13.0. The number of nitrogens with zero attached hydrogens (tertiary/aromatic N) is 1. The maximum atomic E-state index is 3.23. The molecule has 2 rings (SSSR count). The van der Waals surface area contributed by atoms with E-state index in [9.17, 15) is 0 Å². The van der Waals surface area contributed by atoms with Gasteiger partial charge in [0.2, 0.25) is 0 Å². The van der Waals surface area contributed by atoms with Crippen molar-refractivity contribution in [3.05, 3.63) is 48.0 Å². The molecular weight excluding hydrogens is 220 g/mol. The van der Waals surface area contributed by atoms with Crippen LogP contribution in [-0.2, 0) is 0 Å². The Labute approximate surface area is 110 Å². The van der Waals surface area contributed by atoms with Gasteiger partial charge in [0.05, 0.1) is 0 Å². The molecule has 2 aromatic carbocycles. The highest BCUT2D eigenvalue weighted by atomic mass is 15.1. The van der Waals surface area contributed by atoms with Crippen molar-refractivity contribution in [2.45, 2.75) is 12.5 Å². The van der Waals surface area contributed by atoms with Crippen LogP contribution in [0.4, 0.5) is 0 Å². The SMILES string of the molecule is CNCCC(c1ccc2ccccc2c1)N(C)C. The van der Waals surface area contributed by atoms with Gasteiger partial charge >= 0.3 is 0 Å². The Kier molecular flexibility index (Phi) is 4.34. The van der Waals surface area contributed by atoms with Crippen LogP contribution in [0.15, 0.2) is 42.5 Å². The first-order valence-electron chi connectivity index (χ1n) is 6.52. The van der Waals surface area contributed by atoms with Gasteiger partial charge in [0.1, 0.15) is 0 Å². The average molecular weight is 242 g/mol. The zero-order valence-corrected chi connectivity index (χ0v) is 11.5. The molecule has 96 valence electrons. The van der Waals surface area contributed by atoms with Gasteiger partial charge in [0.15, 0.2) is 0 Å². The summed E-state index contributed by atoms with van der Waals surface area (Å²) < 4.78 is 0. The van der Waals surface area contributed by atoms with Crippen molar-refractivity contribution in [3.8, 4) is 0 Å². The number of nitrogens with one attached hydrogen (secondary N) is 1. The molecule has 0 radical (unpaired) electrons. The van der Waals surface area contributed by atoms with Gasteiger partial charge < -0.3 is 10.2 Å². The first-order chi connectivity index (χ1) is 8.72. The molecule has 0 saturated heterocycles. The third-order valence-electron chi connectivity index (χ3n) is 3.45. The maximum absolute atomic E-state index is 3.23. The number of rotatable bonds is 5. The van der Waals surface area contributed by atoms with Crippen LogP contribution in [0.2, 0.25) is 0 Å². The van der Waals surface area contributed by atoms with Crippen LogP contribution in [0, 0.1) is 0 Å². The van der Waals surface area contributed by atoms with Gasteiger partial charge in [-0.1, -0.05) is 36.4 Å². The summed E-state index contributed by atoms with van der Waals surface area (Å²) in [5, 5.41) is 5.87. The third kappa shape index (κ3) is 2.89. The van der Waals surface area contributed by atoms with Gasteiger partial charge in [0, 0.05) is 6.04 Å². The Hall–Kier alpha value is -1.38. The Morgan fingerprint density at radius 2 is 1.78 bits per heavy atom. The summed E-state index contributed by atoms with van der Waals surface area (Å²) >= 11 is 0. The lowest BCUT2D eigenvalue weighted by Crippen LogP contribution is -2.23. The number of hydrogen-bond donors (Lipinski definition) is 1. The minimum Gasteiger partial charge on any atom is -0.320 e. The van der Waals surface area contributed by atoms with Crippen LogP contribution in [0.3, 0.4) is 0 Å². The molecule has 0 aliphatic rings. The first-order valence-corrected chi connectivity index (χ1v) is 6.52. The molecule has 1 unspecified atom stereocenters. The van der Waals surface area contributed by atoms with Crippen LogP contribution in [0.5, 0.6) is 0 Å². The molecule has 0 aliphatic heterocycles. The highest BCUT2D eigenvalue weighted by Crippen LogP contribution is 2.25. The monoisotopic (exact) mass is 242 g/mol. The van der Waals surface area contributed by atoms with Crippen molar-refractivity contribution in [3.63, 3.8) is 0 Å². The zero-order valence-electron chi connectivity index (χ0n) is 11.5. The summed E-state index contributed by atoms with van der Waals surface area (Å²) in [4.78, 5) is 2.29. The minimum atomic E-state index is 0.474. The van der Waals surface area contributed by atoms with Crippen LogP contribution >= 0.6 is 0 Å². The number of fused-ring (bicyclic) bond motifs is 1. The van der Waals surface area contributed by atoms with Gasteiger partial charge in [-0.3, -0.25) is 0 Å². The van der Waals surface area contributed by atoms with E-state index in [0.29, 0.717) is 6.04 Å². The van der Waals surface area contributed by atoms with Gasteiger partial charge in [-0.2, -0.15) is 0 Å². The van der Waals surface area contributed by atoms with Crippen LogP contribution in [0.25, 0.3) is 10.8 Å². The molecule has 18 heavy (non-hydrogen) atoms. The highest BCUT2D eigenvalue weighted by molar-refractivity contribution is 5.83. The second kappa shape index (κ2) is 5.98. The molecule has 1 atom stereocenters. The van der Waals surface area contributed by atoms with Crippen molar-refractivity contribution < 1.29 is 0 Å². The van der Waals surface area contributed by atoms with Crippen LogP contribution in [-0.4, -0.2) is 32.6 Å². The predicted molar refractivity (Wildman–Crippen MR) is 78.9 cm³/mol. The topological polar surface area (TPSA) is 15.3 Å². The van der Waals surface area contributed by atoms with E-state index in [1.54, 1.807) is 0 Å². The predicted octanol–water partition coefficient (Wildman–Crippen LogP) is 3.05. The van der Waals surface area contributed by atoms with Crippen molar-refractivity contribution in [1.29, 1.82) is 0 Å². The average Bonchev–Trinajstić information content (AvgIpc) is 2.38. The molecule has 2 aromatic rings. The maximum Gasteiger partial charge on any atom is 0.0354 e. The fraction of sp³-hybridized carbons (Fsp3) is 0.375. The molecule has 1 N–H and O–H groups in total. The Morgan fingerprint density at radius 3 is 2.44 bits per heavy atom. The van der Waals surface area contributed by atoms with Gasteiger partial charge in [-0.05, 0) is 56.5 Å². The van der Waals surface area contributed by atoms with Crippen molar-refractivity contribution in [1.82, 2.24) is 10.2 Å².